The second-order valence-corrected chi connectivity index (χ2v) is 3.95. The number of benzene rings is 1. The van der Waals surface area contributed by atoms with Crippen LogP contribution in [0.15, 0.2) is 35.5 Å². The first-order valence-electron chi connectivity index (χ1n) is 4.13. The molecule has 0 fully saturated rings. The van der Waals surface area contributed by atoms with Gasteiger partial charge in [-0.05, 0) is 35.0 Å². The SMILES string of the molecule is Cc1cncc2c(S(=O)[O-])cccc12.[Na+]. The smallest absolute Gasteiger partial charge is 0.768 e. The minimum atomic E-state index is -2.20. The van der Waals surface area contributed by atoms with Gasteiger partial charge in [-0.1, -0.05) is 12.1 Å². The Bertz CT molecular complexity index is 516. The fourth-order valence-corrected chi connectivity index (χ4v) is 1.99. The average Bonchev–Trinajstić information content (AvgIpc) is 2.17. The summed E-state index contributed by atoms with van der Waals surface area (Å²) in [6, 6.07) is 5.20. The molecule has 15 heavy (non-hydrogen) atoms. The van der Waals surface area contributed by atoms with Gasteiger partial charge in [-0.25, -0.2) is 0 Å². The van der Waals surface area contributed by atoms with E-state index in [1.165, 1.54) is 0 Å². The monoisotopic (exact) mass is 229 g/mol. The summed E-state index contributed by atoms with van der Waals surface area (Å²) >= 11 is -2.20. The molecule has 1 aromatic carbocycles. The van der Waals surface area contributed by atoms with Crippen molar-refractivity contribution in [1.82, 2.24) is 4.98 Å². The van der Waals surface area contributed by atoms with E-state index < -0.39 is 11.1 Å². The van der Waals surface area contributed by atoms with Gasteiger partial charge in [0.1, 0.15) is 0 Å². The van der Waals surface area contributed by atoms with E-state index in [-0.39, 0.29) is 29.6 Å². The molecule has 3 nitrogen and oxygen atoms in total. The van der Waals surface area contributed by atoms with Gasteiger partial charge in [0.2, 0.25) is 0 Å². The van der Waals surface area contributed by atoms with E-state index in [2.05, 4.69) is 4.98 Å². The van der Waals surface area contributed by atoms with Gasteiger partial charge in [-0.15, -0.1) is 0 Å². The number of pyridine rings is 1. The van der Waals surface area contributed by atoms with Crippen molar-refractivity contribution in [3.8, 4) is 0 Å². The van der Waals surface area contributed by atoms with Gasteiger partial charge in [0, 0.05) is 22.7 Å². The summed E-state index contributed by atoms with van der Waals surface area (Å²) in [5.41, 5.74) is 0.981. The Kier molecular flexibility index (Phi) is 4.43. The van der Waals surface area contributed by atoms with Crippen LogP contribution in [0.4, 0.5) is 0 Å². The Morgan fingerprint density at radius 3 is 2.67 bits per heavy atom. The zero-order valence-electron chi connectivity index (χ0n) is 8.56. The van der Waals surface area contributed by atoms with Crippen molar-refractivity contribution in [1.29, 1.82) is 0 Å². The predicted molar refractivity (Wildman–Crippen MR) is 53.7 cm³/mol. The van der Waals surface area contributed by atoms with Crippen molar-refractivity contribution in [2.24, 2.45) is 0 Å². The van der Waals surface area contributed by atoms with Crippen LogP contribution in [-0.4, -0.2) is 13.7 Å². The molecule has 0 saturated heterocycles. The molecule has 0 saturated carbocycles. The van der Waals surface area contributed by atoms with Crippen LogP contribution in [0.2, 0.25) is 0 Å². The van der Waals surface area contributed by atoms with Crippen LogP contribution in [0, 0.1) is 6.92 Å². The van der Waals surface area contributed by atoms with E-state index in [0.717, 1.165) is 10.9 Å². The van der Waals surface area contributed by atoms with Gasteiger partial charge in [0.25, 0.3) is 0 Å². The van der Waals surface area contributed by atoms with Crippen molar-refractivity contribution >= 4 is 21.9 Å². The summed E-state index contributed by atoms with van der Waals surface area (Å²) in [5, 5.41) is 1.61. The largest absolute Gasteiger partial charge is 1.00 e. The molecule has 1 atom stereocenters. The number of nitrogens with zero attached hydrogens (tertiary/aromatic N) is 1. The van der Waals surface area contributed by atoms with Crippen molar-refractivity contribution < 1.29 is 38.3 Å². The zero-order valence-corrected chi connectivity index (χ0v) is 11.4. The van der Waals surface area contributed by atoms with Crippen LogP contribution < -0.4 is 29.6 Å². The van der Waals surface area contributed by atoms with E-state index in [1.807, 2.05) is 13.0 Å². The Morgan fingerprint density at radius 1 is 1.27 bits per heavy atom. The standard InChI is InChI=1S/C10H9NO2S.Na/c1-7-5-11-6-9-8(7)3-2-4-10(9)14(12)13;/h2-6H,1H3,(H,12,13);/q;+1/p-1. The third kappa shape index (κ3) is 2.46. The van der Waals surface area contributed by atoms with E-state index in [0.29, 0.717) is 10.3 Å². The van der Waals surface area contributed by atoms with Crippen molar-refractivity contribution in [3.63, 3.8) is 0 Å². The minimum Gasteiger partial charge on any atom is -0.768 e. The Morgan fingerprint density at radius 2 is 2.00 bits per heavy atom. The first-order chi connectivity index (χ1) is 6.70. The normalized spacial score (nSPS) is 12.1. The van der Waals surface area contributed by atoms with Crippen LogP contribution in [0.1, 0.15) is 5.56 Å². The second-order valence-electron chi connectivity index (χ2n) is 3.04. The average molecular weight is 229 g/mol. The zero-order chi connectivity index (χ0) is 10.1. The molecule has 1 unspecified atom stereocenters. The molecular formula is C10H8NNaO2S. The molecule has 2 aromatic rings. The van der Waals surface area contributed by atoms with E-state index in [4.69, 9.17) is 0 Å². The summed E-state index contributed by atoms with van der Waals surface area (Å²) in [6.45, 7) is 1.91. The topological polar surface area (TPSA) is 53.0 Å². The molecule has 72 valence electrons. The molecule has 0 aliphatic rings. The number of aryl methyl sites for hydroxylation is 1. The van der Waals surface area contributed by atoms with Gasteiger partial charge >= 0.3 is 29.6 Å². The fourth-order valence-electron chi connectivity index (χ4n) is 1.46. The summed E-state index contributed by atoms with van der Waals surface area (Å²) in [4.78, 5) is 4.29. The Labute approximate surface area is 112 Å². The number of aromatic nitrogens is 1. The third-order valence-electron chi connectivity index (χ3n) is 2.14. The maximum atomic E-state index is 10.9. The van der Waals surface area contributed by atoms with Crippen LogP contribution in [0.3, 0.4) is 0 Å². The summed E-state index contributed by atoms with van der Waals surface area (Å²) in [5.74, 6) is 0. The number of rotatable bonds is 1. The van der Waals surface area contributed by atoms with E-state index in [9.17, 15) is 8.76 Å². The van der Waals surface area contributed by atoms with Gasteiger partial charge in [0.05, 0.1) is 0 Å². The molecular weight excluding hydrogens is 221 g/mol. The number of hydrogen-bond donors (Lipinski definition) is 0. The van der Waals surface area contributed by atoms with Gasteiger partial charge in [-0.3, -0.25) is 9.19 Å². The first kappa shape index (κ1) is 12.8. The van der Waals surface area contributed by atoms with Gasteiger partial charge in [-0.2, -0.15) is 0 Å². The molecule has 0 aliphatic carbocycles. The van der Waals surface area contributed by atoms with Gasteiger partial charge < -0.3 is 4.55 Å². The molecule has 5 heteroatoms. The van der Waals surface area contributed by atoms with Crippen LogP contribution in [0.25, 0.3) is 10.8 Å². The van der Waals surface area contributed by atoms with Crippen molar-refractivity contribution in [2.45, 2.75) is 11.8 Å². The molecule has 0 spiro atoms. The molecule has 0 amide bonds. The molecule has 0 bridgehead atoms. The van der Waals surface area contributed by atoms with E-state index >= 15 is 0 Å². The summed E-state index contributed by atoms with van der Waals surface area (Å²) < 4.78 is 21.8. The molecule has 0 radical (unpaired) electrons. The molecule has 0 N–H and O–H groups in total. The quantitative estimate of drug-likeness (QED) is 0.455. The van der Waals surface area contributed by atoms with Crippen LogP contribution >= 0.6 is 0 Å². The maximum absolute atomic E-state index is 10.9. The minimum absolute atomic E-state index is 0. The number of fused-ring (bicyclic) bond motifs is 1. The molecule has 1 heterocycles. The summed E-state index contributed by atoms with van der Waals surface area (Å²) in [7, 11) is 0. The Balaban J connectivity index is 0.00000112. The number of hydrogen-bond acceptors (Lipinski definition) is 3. The van der Waals surface area contributed by atoms with Crippen molar-refractivity contribution in [3.05, 3.63) is 36.2 Å². The van der Waals surface area contributed by atoms with Crippen LogP contribution in [0.5, 0.6) is 0 Å². The fraction of sp³-hybridized carbons (Fsp3) is 0.100. The Hall–Kier alpha value is -0.260. The van der Waals surface area contributed by atoms with E-state index in [1.54, 1.807) is 24.5 Å². The van der Waals surface area contributed by atoms with Crippen molar-refractivity contribution in [2.75, 3.05) is 0 Å². The molecule has 1 aromatic heterocycles. The van der Waals surface area contributed by atoms with Crippen LogP contribution in [-0.2, 0) is 11.1 Å². The summed E-state index contributed by atoms with van der Waals surface area (Å²) in [6.07, 6.45) is 3.30. The first-order valence-corrected chi connectivity index (χ1v) is 5.20. The molecule has 2 rings (SSSR count). The molecule has 0 aliphatic heterocycles. The second kappa shape index (κ2) is 5.18. The third-order valence-corrected chi connectivity index (χ3v) is 2.86. The predicted octanol–water partition coefficient (Wildman–Crippen LogP) is -1.21. The van der Waals surface area contributed by atoms with Gasteiger partial charge in [0.15, 0.2) is 0 Å². The maximum Gasteiger partial charge on any atom is 1.00 e.